The van der Waals surface area contributed by atoms with Crippen molar-refractivity contribution in [2.75, 3.05) is 31.9 Å². The minimum absolute atomic E-state index is 0.139. The van der Waals surface area contributed by atoms with Crippen LogP contribution in [0.4, 0.5) is 10.2 Å². The van der Waals surface area contributed by atoms with Crippen LogP contribution in [0.25, 0.3) is 0 Å². The molecule has 0 atom stereocenters. The number of halogens is 1. The van der Waals surface area contributed by atoms with Gasteiger partial charge in [0.2, 0.25) is 5.95 Å². The number of nitrogens with zero attached hydrogens (tertiary/aromatic N) is 4. The number of amides is 1. The molecule has 0 bridgehead atoms. The van der Waals surface area contributed by atoms with E-state index in [9.17, 15) is 9.18 Å². The van der Waals surface area contributed by atoms with Gasteiger partial charge in [-0.05, 0) is 49.4 Å². The first-order valence-electron chi connectivity index (χ1n) is 10.6. The van der Waals surface area contributed by atoms with Crippen LogP contribution in [0.2, 0.25) is 0 Å². The van der Waals surface area contributed by atoms with Crippen molar-refractivity contribution >= 4 is 11.7 Å². The van der Waals surface area contributed by atoms with Gasteiger partial charge in [0.1, 0.15) is 5.82 Å². The van der Waals surface area contributed by atoms with E-state index in [-0.39, 0.29) is 18.1 Å². The Hall–Kier alpha value is -2.58. The third-order valence-electron chi connectivity index (χ3n) is 5.87. The highest BCUT2D eigenvalue weighted by Gasteiger charge is 2.28. The average molecular weight is 413 g/mol. The minimum Gasteiger partial charge on any atom is -0.384 e. The van der Waals surface area contributed by atoms with Gasteiger partial charge in [-0.3, -0.25) is 9.69 Å². The first kappa shape index (κ1) is 20.7. The fraction of sp³-hybridized carbons (Fsp3) is 0.500. The molecule has 0 aromatic carbocycles. The molecule has 0 radical (unpaired) electrons. The molecular weight excluding hydrogens is 385 g/mol. The molecule has 2 aromatic heterocycles. The van der Waals surface area contributed by atoms with Gasteiger partial charge in [0, 0.05) is 56.7 Å². The molecule has 0 unspecified atom stereocenters. The maximum atomic E-state index is 13.3. The zero-order valence-electron chi connectivity index (χ0n) is 17.0. The number of nitrogen functional groups attached to an aromatic ring is 1. The molecule has 0 saturated carbocycles. The Kier molecular flexibility index (Phi) is 6.54. The van der Waals surface area contributed by atoms with Crippen LogP contribution >= 0.6 is 0 Å². The molecule has 8 heteroatoms. The number of nitrogens with two attached hydrogens (primary N) is 1. The van der Waals surface area contributed by atoms with Crippen LogP contribution in [0.3, 0.4) is 0 Å². The summed E-state index contributed by atoms with van der Waals surface area (Å²) in [5.41, 5.74) is 7.30. The summed E-state index contributed by atoms with van der Waals surface area (Å²) >= 11 is 0. The Morgan fingerprint density at radius 2 is 1.70 bits per heavy atom. The van der Waals surface area contributed by atoms with Crippen LogP contribution in [-0.4, -0.2) is 64.1 Å². The van der Waals surface area contributed by atoms with E-state index in [1.165, 1.54) is 17.8 Å². The van der Waals surface area contributed by atoms with Crippen LogP contribution < -0.4 is 5.73 Å². The van der Waals surface area contributed by atoms with Crippen molar-refractivity contribution in [2.45, 2.75) is 44.4 Å². The third-order valence-corrected chi connectivity index (χ3v) is 5.87. The molecule has 2 fully saturated rings. The highest BCUT2D eigenvalue weighted by atomic mass is 19.1. The van der Waals surface area contributed by atoms with Crippen molar-refractivity contribution < 1.29 is 13.9 Å². The highest BCUT2D eigenvalue weighted by molar-refractivity contribution is 5.94. The number of rotatable bonds is 5. The van der Waals surface area contributed by atoms with E-state index in [2.05, 4.69) is 14.9 Å². The molecule has 4 heterocycles. The summed E-state index contributed by atoms with van der Waals surface area (Å²) in [6.07, 6.45) is 7.18. The van der Waals surface area contributed by atoms with Crippen LogP contribution in [0.5, 0.6) is 0 Å². The maximum absolute atomic E-state index is 13.3. The average Bonchev–Trinajstić information content (AvgIpc) is 2.75. The number of aromatic nitrogens is 2. The molecule has 4 rings (SSSR count). The van der Waals surface area contributed by atoms with Crippen molar-refractivity contribution in [3.8, 4) is 0 Å². The lowest BCUT2D eigenvalue weighted by Gasteiger charge is -2.37. The van der Waals surface area contributed by atoms with Crippen LogP contribution in [0.15, 0.2) is 36.7 Å². The first-order valence-corrected chi connectivity index (χ1v) is 10.6. The Morgan fingerprint density at radius 3 is 2.37 bits per heavy atom. The quantitative estimate of drug-likeness (QED) is 0.758. The van der Waals surface area contributed by atoms with E-state index < -0.39 is 5.95 Å². The zero-order chi connectivity index (χ0) is 20.9. The molecule has 160 valence electrons. The van der Waals surface area contributed by atoms with E-state index in [1.807, 2.05) is 12.1 Å². The Labute approximate surface area is 176 Å². The van der Waals surface area contributed by atoms with Crippen LogP contribution in [-0.2, 0) is 11.3 Å². The number of carbonyl (C=O) groups excluding carboxylic acids is 1. The standard InChI is InChI=1S/C22H28FN5O2/c23-20-14-17(2-8-25-20)22(29)28-11-5-19(6-12-28)30-18-3-9-27(10-4-18)15-16-1-7-26-21(24)13-16/h1-2,7-8,13-14,18-19H,3-6,9-12,15H2,(H2,24,26). The second kappa shape index (κ2) is 9.49. The van der Waals surface area contributed by atoms with Crippen LogP contribution in [0.1, 0.15) is 41.6 Å². The number of pyridine rings is 2. The lowest BCUT2D eigenvalue weighted by atomic mass is 10.0. The lowest BCUT2D eigenvalue weighted by Crippen LogP contribution is -2.43. The van der Waals surface area contributed by atoms with Gasteiger partial charge in [-0.25, -0.2) is 9.97 Å². The van der Waals surface area contributed by atoms with E-state index in [1.54, 1.807) is 17.2 Å². The van der Waals surface area contributed by atoms with E-state index in [0.29, 0.717) is 24.5 Å². The van der Waals surface area contributed by atoms with Crippen LogP contribution in [0, 0.1) is 5.95 Å². The Morgan fingerprint density at radius 1 is 1.03 bits per heavy atom. The Balaban J connectivity index is 1.19. The molecule has 7 nitrogen and oxygen atoms in total. The van der Waals surface area contributed by atoms with E-state index in [0.717, 1.165) is 45.3 Å². The topological polar surface area (TPSA) is 84.6 Å². The molecule has 30 heavy (non-hydrogen) atoms. The fourth-order valence-corrected chi connectivity index (χ4v) is 4.24. The van der Waals surface area contributed by atoms with Crippen molar-refractivity contribution in [2.24, 2.45) is 0 Å². The largest absolute Gasteiger partial charge is 0.384 e. The number of hydrogen-bond acceptors (Lipinski definition) is 6. The summed E-state index contributed by atoms with van der Waals surface area (Å²) < 4.78 is 19.6. The summed E-state index contributed by atoms with van der Waals surface area (Å²) in [5, 5.41) is 0. The number of anilines is 1. The number of ether oxygens (including phenoxy) is 1. The van der Waals surface area contributed by atoms with Crippen molar-refractivity contribution in [1.29, 1.82) is 0 Å². The van der Waals surface area contributed by atoms with Crippen molar-refractivity contribution in [3.05, 3.63) is 53.7 Å². The molecule has 0 aliphatic carbocycles. The summed E-state index contributed by atoms with van der Waals surface area (Å²) in [5.74, 6) is -0.206. The van der Waals surface area contributed by atoms with E-state index >= 15 is 0 Å². The second-order valence-corrected chi connectivity index (χ2v) is 8.06. The smallest absolute Gasteiger partial charge is 0.254 e. The SMILES string of the molecule is Nc1cc(CN2CCC(OC3CCN(C(=O)c4ccnc(F)c4)CC3)CC2)ccn1. The monoisotopic (exact) mass is 413 g/mol. The summed E-state index contributed by atoms with van der Waals surface area (Å²) in [4.78, 5) is 24.3. The van der Waals surface area contributed by atoms with Crippen molar-refractivity contribution in [1.82, 2.24) is 19.8 Å². The molecule has 2 aromatic rings. The highest BCUT2D eigenvalue weighted by Crippen LogP contribution is 2.23. The molecule has 1 amide bonds. The number of carbonyl (C=O) groups is 1. The molecule has 2 aliphatic rings. The first-order chi connectivity index (χ1) is 14.6. The number of piperidine rings is 2. The summed E-state index contributed by atoms with van der Waals surface area (Å²) in [7, 11) is 0. The molecular formula is C22H28FN5O2. The third kappa shape index (κ3) is 5.31. The van der Waals surface area contributed by atoms with Gasteiger partial charge in [0.15, 0.2) is 0 Å². The maximum Gasteiger partial charge on any atom is 0.254 e. The van der Waals surface area contributed by atoms with Gasteiger partial charge in [0.05, 0.1) is 12.2 Å². The van der Waals surface area contributed by atoms with Gasteiger partial charge in [-0.2, -0.15) is 4.39 Å². The van der Waals surface area contributed by atoms with Gasteiger partial charge < -0.3 is 15.4 Å². The predicted octanol–water partition coefficient (Wildman–Crippen LogP) is 2.48. The number of hydrogen-bond donors (Lipinski definition) is 1. The Bertz CT molecular complexity index is 864. The molecule has 2 N–H and O–H groups in total. The van der Waals surface area contributed by atoms with E-state index in [4.69, 9.17) is 10.5 Å². The summed E-state index contributed by atoms with van der Waals surface area (Å²) in [6, 6.07) is 6.69. The van der Waals surface area contributed by atoms with Gasteiger partial charge in [-0.1, -0.05) is 0 Å². The zero-order valence-corrected chi connectivity index (χ0v) is 17.0. The lowest BCUT2D eigenvalue weighted by molar-refractivity contribution is -0.0629. The normalized spacial score (nSPS) is 19.2. The predicted molar refractivity (Wildman–Crippen MR) is 111 cm³/mol. The minimum atomic E-state index is -0.627. The van der Waals surface area contributed by atoms with Gasteiger partial charge in [0.25, 0.3) is 5.91 Å². The van der Waals surface area contributed by atoms with Crippen molar-refractivity contribution in [3.63, 3.8) is 0 Å². The number of likely N-dealkylation sites (tertiary alicyclic amines) is 2. The second-order valence-electron chi connectivity index (χ2n) is 8.06. The molecule has 0 spiro atoms. The summed E-state index contributed by atoms with van der Waals surface area (Å²) in [6.45, 7) is 4.15. The molecule has 2 aliphatic heterocycles. The molecule has 2 saturated heterocycles. The van der Waals surface area contributed by atoms with Gasteiger partial charge in [-0.15, -0.1) is 0 Å². The van der Waals surface area contributed by atoms with Gasteiger partial charge >= 0.3 is 0 Å². The fourth-order valence-electron chi connectivity index (χ4n) is 4.24.